The molecular weight excluding hydrogens is 384 g/mol. The Morgan fingerprint density at radius 1 is 1.17 bits per heavy atom. The lowest BCUT2D eigenvalue weighted by molar-refractivity contribution is -0.299. The normalized spacial score (nSPS) is 36.8. The molecule has 0 spiro atoms. The van der Waals surface area contributed by atoms with E-state index in [0.717, 1.165) is 17.7 Å². The first-order valence-electron chi connectivity index (χ1n) is 9.80. The van der Waals surface area contributed by atoms with E-state index in [2.05, 4.69) is 25.1 Å². The number of hydrogen-bond acceptors (Lipinski definition) is 7. The SMILES string of the molecule is CCC1CCC23OC(=N)C(C#N)(C2C1)C(C#N)(C#N)C(c1ccc(SC)cc1)O3. The van der Waals surface area contributed by atoms with Crippen LogP contribution in [0.1, 0.15) is 44.3 Å². The summed E-state index contributed by atoms with van der Waals surface area (Å²) in [6.45, 7) is 2.09. The second kappa shape index (κ2) is 6.77. The summed E-state index contributed by atoms with van der Waals surface area (Å²) in [5.74, 6) is -1.58. The van der Waals surface area contributed by atoms with E-state index in [4.69, 9.17) is 14.9 Å². The van der Waals surface area contributed by atoms with Crippen LogP contribution in [0.15, 0.2) is 29.2 Å². The smallest absolute Gasteiger partial charge is 0.217 e. The Labute approximate surface area is 174 Å². The molecule has 2 saturated heterocycles. The molecule has 0 aromatic heterocycles. The Bertz CT molecular complexity index is 959. The molecule has 2 aliphatic heterocycles. The van der Waals surface area contributed by atoms with Gasteiger partial charge in [0.25, 0.3) is 0 Å². The largest absolute Gasteiger partial charge is 0.447 e. The van der Waals surface area contributed by atoms with E-state index in [1.54, 1.807) is 11.8 Å². The fourth-order valence-corrected chi connectivity index (χ4v) is 5.78. The molecule has 2 bridgehead atoms. The van der Waals surface area contributed by atoms with Crippen molar-refractivity contribution in [3.8, 4) is 18.2 Å². The minimum Gasteiger partial charge on any atom is -0.447 e. The lowest BCUT2D eigenvalue weighted by Crippen LogP contribution is -2.61. The second-order valence-corrected chi connectivity index (χ2v) is 8.95. The molecular formula is C22H22N4O2S. The average molecular weight is 407 g/mol. The zero-order valence-electron chi connectivity index (χ0n) is 16.4. The fourth-order valence-electron chi connectivity index (χ4n) is 5.37. The van der Waals surface area contributed by atoms with Gasteiger partial charge in [-0.05, 0) is 42.7 Å². The van der Waals surface area contributed by atoms with Gasteiger partial charge in [0.05, 0.1) is 24.1 Å². The van der Waals surface area contributed by atoms with Gasteiger partial charge in [0.1, 0.15) is 6.10 Å². The van der Waals surface area contributed by atoms with Crippen LogP contribution in [0.25, 0.3) is 0 Å². The van der Waals surface area contributed by atoms with E-state index in [9.17, 15) is 15.8 Å². The fraction of sp³-hybridized carbons (Fsp3) is 0.545. The van der Waals surface area contributed by atoms with Crippen molar-refractivity contribution in [3.63, 3.8) is 0 Å². The Morgan fingerprint density at radius 2 is 1.86 bits per heavy atom. The van der Waals surface area contributed by atoms with Gasteiger partial charge >= 0.3 is 0 Å². The second-order valence-electron chi connectivity index (χ2n) is 8.07. The summed E-state index contributed by atoms with van der Waals surface area (Å²) in [4.78, 5) is 1.05. The monoisotopic (exact) mass is 406 g/mol. The van der Waals surface area contributed by atoms with Crippen molar-refractivity contribution in [2.24, 2.45) is 22.7 Å². The van der Waals surface area contributed by atoms with E-state index in [1.807, 2.05) is 30.5 Å². The molecule has 4 rings (SSSR count). The standard InChI is InChI=1S/C22H22N4O2S/c1-3-14-8-9-22-17(10-14)21(13-25,19(26)28-22)20(11-23,12-24)18(27-22)15-4-6-16(29-2)7-5-15/h4-7,14,17-18,26H,3,8-10H2,1-2H3. The lowest BCUT2D eigenvalue weighted by atomic mass is 9.50. The van der Waals surface area contributed by atoms with Crippen molar-refractivity contribution in [3.05, 3.63) is 29.8 Å². The Balaban J connectivity index is 1.93. The predicted molar refractivity (Wildman–Crippen MR) is 106 cm³/mol. The van der Waals surface area contributed by atoms with Crippen molar-refractivity contribution in [2.75, 3.05) is 6.26 Å². The average Bonchev–Trinajstić information content (AvgIpc) is 2.97. The maximum atomic E-state index is 10.3. The van der Waals surface area contributed by atoms with Crippen LogP contribution in [0.5, 0.6) is 0 Å². The van der Waals surface area contributed by atoms with Gasteiger partial charge in [-0.1, -0.05) is 25.5 Å². The van der Waals surface area contributed by atoms with Gasteiger partial charge in [0.2, 0.25) is 17.1 Å². The summed E-state index contributed by atoms with van der Waals surface area (Å²) in [6.07, 6.45) is 3.96. The highest BCUT2D eigenvalue weighted by Crippen LogP contribution is 2.70. The van der Waals surface area contributed by atoms with Gasteiger partial charge in [-0.3, -0.25) is 5.41 Å². The van der Waals surface area contributed by atoms with Crippen molar-refractivity contribution < 1.29 is 9.47 Å². The van der Waals surface area contributed by atoms with E-state index >= 15 is 0 Å². The molecule has 1 aromatic rings. The van der Waals surface area contributed by atoms with Crippen molar-refractivity contribution in [2.45, 2.75) is 49.4 Å². The lowest BCUT2D eigenvalue weighted by Gasteiger charge is -2.52. The van der Waals surface area contributed by atoms with Crippen LogP contribution in [-0.2, 0) is 9.47 Å². The molecule has 2 heterocycles. The molecule has 3 aliphatic rings. The van der Waals surface area contributed by atoms with Crippen LogP contribution in [0.4, 0.5) is 0 Å². The molecule has 0 radical (unpaired) electrons. The van der Waals surface area contributed by atoms with Crippen LogP contribution in [-0.4, -0.2) is 17.9 Å². The molecule has 29 heavy (non-hydrogen) atoms. The zero-order valence-corrected chi connectivity index (χ0v) is 17.3. The molecule has 5 unspecified atom stereocenters. The molecule has 6 nitrogen and oxygen atoms in total. The van der Waals surface area contributed by atoms with Gasteiger partial charge in [0, 0.05) is 11.3 Å². The highest BCUT2D eigenvalue weighted by molar-refractivity contribution is 7.98. The van der Waals surface area contributed by atoms with E-state index < -0.39 is 28.6 Å². The first kappa shape index (κ1) is 19.8. The number of thioether (sulfide) groups is 1. The minimum absolute atomic E-state index is 0.298. The predicted octanol–water partition coefficient (Wildman–Crippen LogP) is 4.55. The summed E-state index contributed by atoms with van der Waals surface area (Å²) in [7, 11) is 0. The third-order valence-electron chi connectivity index (χ3n) is 7.01. The number of hydrogen-bond donors (Lipinski definition) is 1. The van der Waals surface area contributed by atoms with Gasteiger partial charge in [-0.15, -0.1) is 11.8 Å². The molecule has 3 fully saturated rings. The maximum absolute atomic E-state index is 10.3. The quantitative estimate of drug-likeness (QED) is 0.736. The number of nitriles is 3. The Hall–Kier alpha value is -2.53. The third kappa shape index (κ3) is 2.34. The molecule has 1 saturated carbocycles. The van der Waals surface area contributed by atoms with E-state index in [-0.39, 0.29) is 5.90 Å². The van der Waals surface area contributed by atoms with E-state index in [0.29, 0.717) is 24.3 Å². The minimum atomic E-state index is -1.86. The van der Waals surface area contributed by atoms with Gasteiger partial charge < -0.3 is 9.47 Å². The van der Waals surface area contributed by atoms with Crippen molar-refractivity contribution in [1.82, 2.24) is 0 Å². The van der Waals surface area contributed by atoms with E-state index in [1.165, 1.54) is 0 Å². The molecule has 5 atom stereocenters. The molecule has 1 aromatic carbocycles. The van der Waals surface area contributed by atoms with Gasteiger partial charge in [0.15, 0.2) is 5.41 Å². The Kier molecular flexibility index (Phi) is 4.61. The van der Waals surface area contributed by atoms with Gasteiger partial charge in [-0.25, -0.2) is 0 Å². The van der Waals surface area contributed by atoms with Gasteiger partial charge in [-0.2, -0.15) is 15.8 Å². The topological polar surface area (TPSA) is 114 Å². The third-order valence-corrected chi connectivity index (χ3v) is 7.76. The molecule has 7 heteroatoms. The number of ether oxygens (including phenoxy) is 2. The maximum Gasteiger partial charge on any atom is 0.217 e. The van der Waals surface area contributed by atoms with Crippen LogP contribution in [0.3, 0.4) is 0 Å². The number of nitrogens with zero attached hydrogens (tertiary/aromatic N) is 3. The summed E-state index contributed by atoms with van der Waals surface area (Å²) < 4.78 is 12.4. The van der Waals surface area contributed by atoms with Crippen LogP contribution in [0.2, 0.25) is 0 Å². The van der Waals surface area contributed by atoms with Crippen LogP contribution in [0, 0.1) is 62.1 Å². The first-order chi connectivity index (χ1) is 14.0. The number of nitrogens with one attached hydrogen (secondary N) is 1. The van der Waals surface area contributed by atoms with Crippen LogP contribution >= 0.6 is 11.8 Å². The van der Waals surface area contributed by atoms with Crippen molar-refractivity contribution in [1.29, 1.82) is 21.2 Å². The summed E-state index contributed by atoms with van der Waals surface area (Å²) >= 11 is 1.59. The molecule has 1 N–H and O–H groups in total. The number of benzene rings is 1. The van der Waals surface area contributed by atoms with Crippen molar-refractivity contribution >= 4 is 17.7 Å². The number of rotatable bonds is 3. The molecule has 148 valence electrons. The zero-order chi connectivity index (χ0) is 20.9. The highest BCUT2D eigenvalue weighted by Gasteiger charge is 2.80. The Morgan fingerprint density at radius 3 is 2.41 bits per heavy atom. The summed E-state index contributed by atoms with van der Waals surface area (Å²) in [5, 5.41) is 39.5. The summed E-state index contributed by atoms with van der Waals surface area (Å²) in [6, 6.07) is 14.0. The van der Waals surface area contributed by atoms with Crippen LogP contribution < -0.4 is 0 Å². The molecule has 0 amide bonds. The highest BCUT2D eigenvalue weighted by atomic mass is 32.2. The summed E-state index contributed by atoms with van der Waals surface area (Å²) in [5.41, 5.74) is -2.86. The molecule has 1 aliphatic carbocycles. The first-order valence-corrected chi connectivity index (χ1v) is 11.0.